The van der Waals surface area contributed by atoms with Crippen molar-refractivity contribution in [3.05, 3.63) is 46.1 Å². The van der Waals surface area contributed by atoms with E-state index in [0.29, 0.717) is 41.9 Å². The van der Waals surface area contributed by atoms with Crippen molar-refractivity contribution in [3.63, 3.8) is 0 Å². The van der Waals surface area contributed by atoms with Crippen molar-refractivity contribution in [2.75, 3.05) is 7.11 Å². The fourth-order valence-corrected chi connectivity index (χ4v) is 4.42. The normalized spacial score (nSPS) is 15.6. The highest BCUT2D eigenvalue weighted by molar-refractivity contribution is 5.92. The first-order chi connectivity index (χ1) is 18.0. The molecule has 1 aromatic heterocycles. The molecule has 1 aliphatic rings. The van der Waals surface area contributed by atoms with Crippen LogP contribution in [0.3, 0.4) is 0 Å². The molecule has 1 amide bonds. The molecule has 2 aromatic carbocycles. The predicted octanol–water partition coefficient (Wildman–Crippen LogP) is 4.87. The summed E-state index contributed by atoms with van der Waals surface area (Å²) in [5.74, 6) is -1.60. The van der Waals surface area contributed by atoms with Gasteiger partial charge in [0.1, 0.15) is 39.9 Å². The van der Waals surface area contributed by atoms with E-state index in [0.717, 1.165) is 0 Å². The van der Waals surface area contributed by atoms with E-state index in [1.165, 1.54) is 13.2 Å². The van der Waals surface area contributed by atoms with Crippen molar-refractivity contribution in [2.45, 2.75) is 58.6 Å². The molecule has 0 fully saturated rings. The Kier molecular flexibility index (Phi) is 7.26. The lowest BCUT2D eigenvalue weighted by atomic mass is 9.92. The lowest BCUT2D eigenvalue weighted by Crippen LogP contribution is -2.46. The SMILES string of the molecule is CC[C@H](C)[C@H](NC(=O)Oc1c(-c2ccc(OC)cc2)oc2c3c(cc(O)c2c1=O)OC(C)(C)CC3)C(=O)O. The number of phenolic OH excluding ortho intramolecular Hbond substituents is 1. The van der Waals surface area contributed by atoms with Crippen LogP contribution in [0, 0.1) is 5.92 Å². The lowest BCUT2D eigenvalue weighted by molar-refractivity contribution is -0.140. The number of fused-ring (bicyclic) bond motifs is 3. The maximum atomic E-state index is 13.7. The zero-order valence-electron chi connectivity index (χ0n) is 21.9. The van der Waals surface area contributed by atoms with E-state index in [-0.39, 0.29) is 22.5 Å². The molecule has 0 radical (unpaired) electrons. The number of hydrogen-bond donors (Lipinski definition) is 3. The quantitative estimate of drug-likeness (QED) is 0.393. The first-order valence-electron chi connectivity index (χ1n) is 12.4. The molecule has 2 heterocycles. The summed E-state index contributed by atoms with van der Waals surface area (Å²) in [6.07, 6.45) is 0.528. The van der Waals surface area contributed by atoms with Gasteiger partial charge in [0.05, 0.1) is 7.11 Å². The number of ether oxygens (including phenoxy) is 3. The molecule has 0 saturated heterocycles. The molecule has 1 aliphatic heterocycles. The summed E-state index contributed by atoms with van der Waals surface area (Å²) in [6, 6.07) is 6.68. The van der Waals surface area contributed by atoms with Crippen LogP contribution in [0.5, 0.6) is 23.0 Å². The number of hydrogen-bond acceptors (Lipinski definition) is 8. The Morgan fingerprint density at radius 1 is 1.21 bits per heavy atom. The van der Waals surface area contributed by atoms with Crippen LogP contribution in [-0.4, -0.2) is 41.0 Å². The molecule has 202 valence electrons. The Bertz CT molecular complexity index is 1440. The standard InChI is InChI=1S/C28H31NO9/c1-6-14(2)21(26(32)33)29-27(34)37-25-22(31)20-18(30)13-19-17(11-12-28(3,4)38-19)24(20)36-23(25)15-7-9-16(35-5)10-8-15/h7-10,13-14,21,30H,6,11-12H2,1-5H3,(H,29,34)(H,32,33)/t14-,21-/m0/s1. The molecule has 0 aliphatic carbocycles. The van der Waals surface area contributed by atoms with Crippen LogP contribution in [0.2, 0.25) is 0 Å². The zero-order valence-corrected chi connectivity index (χ0v) is 21.9. The van der Waals surface area contributed by atoms with Crippen molar-refractivity contribution >= 4 is 23.0 Å². The average molecular weight is 526 g/mol. The molecular weight excluding hydrogens is 494 g/mol. The Morgan fingerprint density at radius 2 is 1.89 bits per heavy atom. The number of carboxylic acid groups (broad SMARTS) is 1. The number of rotatable bonds is 7. The van der Waals surface area contributed by atoms with Crippen LogP contribution in [-0.2, 0) is 11.2 Å². The minimum atomic E-state index is -1.23. The van der Waals surface area contributed by atoms with Gasteiger partial charge in [-0.05, 0) is 56.9 Å². The highest BCUT2D eigenvalue weighted by Crippen LogP contribution is 2.43. The summed E-state index contributed by atoms with van der Waals surface area (Å²) in [5, 5.41) is 22.5. The monoisotopic (exact) mass is 525 g/mol. The number of aliphatic carboxylic acids is 1. The van der Waals surface area contributed by atoms with Gasteiger partial charge in [-0.25, -0.2) is 9.59 Å². The number of phenols is 1. The van der Waals surface area contributed by atoms with Crippen LogP contribution in [0.1, 0.15) is 46.1 Å². The summed E-state index contributed by atoms with van der Waals surface area (Å²) >= 11 is 0. The smallest absolute Gasteiger partial charge is 0.413 e. The molecule has 38 heavy (non-hydrogen) atoms. The third-order valence-corrected chi connectivity index (χ3v) is 6.83. The van der Waals surface area contributed by atoms with Crippen LogP contribution in [0.4, 0.5) is 4.79 Å². The maximum Gasteiger partial charge on any atom is 0.413 e. The molecule has 0 spiro atoms. The van der Waals surface area contributed by atoms with Gasteiger partial charge < -0.3 is 34.2 Å². The third-order valence-electron chi connectivity index (χ3n) is 6.83. The molecule has 0 unspecified atom stereocenters. The number of carbonyl (C=O) groups is 2. The van der Waals surface area contributed by atoms with Gasteiger partial charge in [0, 0.05) is 17.2 Å². The molecule has 2 atom stereocenters. The van der Waals surface area contributed by atoms with Crippen molar-refractivity contribution < 1.29 is 38.4 Å². The molecule has 10 heteroatoms. The van der Waals surface area contributed by atoms with Gasteiger partial charge in [0.2, 0.25) is 11.2 Å². The van der Waals surface area contributed by atoms with Gasteiger partial charge in [-0.1, -0.05) is 20.3 Å². The van der Waals surface area contributed by atoms with Crippen LogP contribution < -0.4 is 25.0 Å². The molecule has 3 N–H and O–H groups in total. The second kappa shape index (κ2) is 10.3. The van der Waals surface area contributed by atoms with E-state index in [2.05, 4.69) is 5.32 Å². The van der Waals surface area contributed by atoms with Gasteiger partial charge in [-0.2, -0.15) is 0 Å². The van der Waals surface area contributed by atoms with E-state index in [1.807, 2.05) is 13.8 Å². The van der Waals surface area contributed by atoms with Gasteiger partial charge in [0.15, 0.2) is 5.76 Å². The number of aromatic hydroxyl groups is 1. The molecule has 0 saturated carbocycles. The molecule has 10 nitrogen and oxygen atoms in total. The lowest BCUT2D eigenvalue weighted by Gasteiger charge is -2.32. The number of benzene rings is 2. The molecular formula is C28H31NO9. The Labute approximate surface area is 219 Å². The first kappa shape index (κ1) is 26.8. The largest absolute Gasteiger partial charge is 0.507 e. The Balaban J connectivity index is 1.89. The fraction of sp³-hybridized carbons (Fsp3) is 0.393. The van der Waals surface area contributed by atoms with E-state index < -0.39 is 40.8 Å². The van der Waals surface area contributed by atoms with Crippen LogP contribution in [0.15, 0.2) is 39.5 Å². The topological polar surface area (TPSA) is 145 Å². The van der Waals surface area contributed by atoms with Gasteiger partial charge in [-0.15, -0.1) is 0 Å². The highest BCUT2D eigenvalue weighted by atomic mass is 16.6. The predicted molar refractivity (Wildman–Crippen MR) is 139 cm³/mol. The summed E-state index contributed by atoms with van der Waals surface area (Å²) in [5.41, 5.74) is -0.111. The van der Waals surface area contributed by atoms with Crippen molar-refractivity contribution in [2.24, 2.45) is 5.92 Å². The van der Waals surface area contributed by atoms with E-state index in [1.54, 1.807) is 38.1 Å². The fourth-order valence-electron chi connectivity index (χ4n) is 4.42. The number of carbonyl (C=O) groups excluding carboxylic acids is 1. The second-order valence-electron chi connectivity index (χ2n) is 9.99. The maximum absolute atomic E-state index is 13.7. The summed E-state index contributed by atoms with van der Waals surface area (Å²) < 4.78 is 22.8. The Morgan fingerprint density at radius 3 is 2.50 bits per heavy atom. The van der Waals surface area contributed by atoms with E-state index in [4.69, 9.17) is 18.6 Å². The van der Waals surface area contributed by atoms with Gasteiger partial charge >= 0.3 is 12.1 Å². The number of aryl methyl sites for hydroxylation is 1. The molecule has 0 bridgehead atoms. The number of nitrogens with one attached hydrogen (secondary N) is 1. The van der Waals surface area contributed by atoms with Gasteiger partial charge in [0.25, 0.3) is 0 Å². The number of methoxy groups -OCH3 is 1. The number of carboxylic acids is 1. The third kappa shape index (κ3) is 5.11. The summed E-state index contributed by atoms with van der Waals surface area (Å²) in [4.78, 5) is 38.2. The van der Waals surface area contributed by atoms with E-state index in [9.17, 15) is 24.6 Å². The average Bonchev–Trinajstić information content (AvgIpc) is 2.87. The van der Waals surface area contributed by atoms with E-state index >= 15 is 0 Å². The minimum absolute atomic E-state index is 0.0617. The minimum Gasteiger partial charge on any atom is -0.507 e. The highest BCUT2D eigenvalue weighted by Gasteiger charge is 2.33. The zero-order chi connectivity index (χ0) is 27.8. The molecule has 4 rings (SSSR count). The summed E-state index contributed by atoms with van der Waals surface area (Å²) in [7, 11) is 1.51. The summed E-state index contributed by atoms with van der Waals surface area (Å²) in [6.45, 7) is 7.32. The first-order valence-corrected chi connectivity index (χ1v) is 12.4. The molecule has 3 aromatic rings. The van der Waals surface area contributed by atoms with Crippen molar-refractivity contribution in [1.82, 2.24) is 5.32 Å². The van der Waals surface area contributed by atoms with Crippen molar-refractivity contribution in [1.29, 1.82) is 0 Å². The Hall–Kier alpha value is -4.21. The van der Waals surface area contributed by atoms with Crippen molar-refractivity contribution in [3.8, 4) is 34.3 Å². The van der Waals surface area contributed by atoms with Crippen LogP contribution >= 0.6 is 0 Å². The second-order valence-corrected chi connectivity index (χ2v) is 9.99. The number of amides is 1. The van der Waals surface area contributed by atoms with Crippen LogP contribution in [0.25, 0.3) is 22.3 Å². The van der Waals surface area contributed by atoms with Gasteiger partial charge in [-0.3, -0.25) is 4.79 Å².